The van der Waals surface area contributed by atoms with Crippen LogP contribution in [-0.2, 0) is 0 Å². The SMILES string of the molecule is COc1cccc(C=Nc2ccc(C)cc2C)c1. The van der Waals surface area contributed by atoms with Gasteiger partial charge in [0.2, 0.25) is 0 Å². The Kier molecular flexibility index (Phi) is 3.78. The van der Waals surface area contributed by atoms with Crippen molar-refractivity contribution in [3.05, 3.63) is 59.2 Å². The third-order valence-corrected chi connectivity index (χ3v) is 2.80. The van der Waals surface area contributed by atoms with E-state index in [-0.39, 0.29) is 0 Å². The van der Waals surface area contributed by atoms with Crippen LogP contribution in [0.1, 0.15) is 16.7 Å². The smallest absolute Gasteiger partial charge is 0.119 e. The number of nitrogens with zero attached hydrogens (tertiary/aromatic N) is 1. The van der Waals surface area contributed by atoms with Crippen LogP contribution in [0.2, 0.25) is 0 Å². The first kappa shape index (κ1) is 12.4. The molecule has 0 aliphatic rings. The van der Waals surface area contributed by atoms with Crippen LogP contribution >= 0.6 is 0 Å². The van der Waals surface area contributed by atoms with E-state index in [0.717, 1.165) is 17.0 Å². The normalized spacial score (nSPS) is 10.8. The van der Waals surface area contributed by atoms with E-state index in [9.17, 15) is 0 Å². The van der Waals surface area contributed by atoms with Crippen molar-refractivity contribution in [1.82, 2.24) is 0 Å². The lowest BCUT2D eigenvalue weighted by atomic mass is 10.1. The topological polar surface area (TPSA) is 21.6 Å². The van der Waals surface area contributed by atoms with E-state index in [1.807, 2.05) is 36.5 Å². The molecule has 0 unspecified atom stereocenters. The fourth-order valence-corrected chi connectivity index (χ4v) is 1.82. The standard InChI is InChI=1S/C16H17NO/c1-12-7-8-16(13(2)9-12)17-11-14-5-4-6-15(10-14)18-3/h4-11H,1-3H3. The Morgan fingerprint density at radius 2 is 1.89 bits per heavy atom. The predicted octanol–water partition coefficient (Wildman–Crippen LogP) is 4.06. The van der Waals surface area contributed by atoms with Crippen LogP contribution in [-0.4, -0.2) is 13.3 Å². The molecular formula is C16H17NO. The van der Waals surface area contributed by atoms with Gasteiger partial charge in [0, 0.05) is 6.21 Å². The summed E-state index contributed by atoms with van der Waals surface area (Å²) >= 11 is 0. The van der Waals surface area contributed by atoms with Gasteiger partial charge in [0.25, 0.3) is 0 Å². The van der Waals surface area contributed by atoms with Crippen LogP contribution < -0.4 is 4.74 Å². The maximum Gasteiger partial charge on any atom is 0.119 e. The molecule has 0 fully saturated rings. The number of rotatable bonds is 3. The van der Waals surface area contributed by atoms with E-state index in [1.54, 1.807) is 7.11 Å². The van der Waals surface area contributed by atoms with Gasteiger partial charge in [-0.25, -0.2) is 0 Å². The predicted molar refractivity (Wildman–Crippen MR) is 76.2 cm³/mol. The molecule has 2 nitrogen and oxygen atoms in total. The molecule has 0 heterocycles. The Balaban J connectivity index is 2.24. The maximum absolute atomic E-state index is 5.18. The summed E-state index contributed by atoms with van der Waals surface area (Å²) in [5.74, 6) is 0.847. The molecule has 0 spiro atoms. The van der Waals surface area contributed by atoms with Crippen molar-refractivity contribution < 1.29 is 4.74 Å². The van der Waals surface area contributed by atoms with Gasteiger partial charge in [-0.1, -0.05) is 29.8 Å². The lowest BCUT2D eigenvalue weighted by Crippen LogP contribution is -1.86. The number of aliphatic imine (C=N–C) groups is 1. The Labute approximate surface area is 108 Å². The highest BCUT2D eigenvalue weighted by Gasteiger charge is 1.96. The molecule has 0 atom stereocenters. The first-order chi connectivity index (χ1) is 8.69. The van der Waals surface area contributed by atoms with Crippen LogP contribution in [0.5, 0.6) is 5.75 Å². The molecule has 0 amide bonds. The summed E-state index contributed by atoms with van der Waals surface area (Å²) in [7, 11) is 1.67. The number of hydrogen-bond acceptors (Lipinski definition) is 2. The molecule has 0 saturated heterocycles. The zero-order valence-electron chi connectivity index (χ0n) is 11.0. The summed E-state index contributed by atoms with van der Waals surface area (Å²) in [4.78, 5) is 4.51. The number of benzene rings is 2. The average molecular weight is 239 g/mol. The largest absolute Gasteiger partial charge is 0.497 e. The summed E-state index contributed by atoms with van der Waals surface area (Å²) in [6.45, 7) is 4.16. The third kappa shape index (κ3) is 2.98. The lowest BCUT2D eigenvalue weighted by Gasteiger charge is -2.02. The highest BCUT2D eigenvalue weighted by Crippen LogP contribution is 2.19. The Hall–Kier alpha value is -2.09. The van der Waals surface area contributed by atoms with E-state index >= 15 is 0 Å². The average Bonchev–Trinajstić information content (AvgIpc) is 2.38. The molecule has 0 aromatic heterocycles. The maximum atomic E-state index is 5.18. The summed E-state index contributed by atoms with van der Waals surface area (Å²) in [5.41, 5.74) is 4.49. The van der Waals surface area contributed by atoms with Gasteiger partial charge in [-0.05, 0) is 43.2 Å². The summed E-state index contributed by atoms with van der Waals surface area (Å²) < 4.78 is 5.18. The molecule has 0 aliphatic carbocycles. The van der Waals surface area contributed by atoms with Crippen molar-refractivity contribution in [2.45, 2.75) is 13.8 Å². The second kappa shape index (κ2) is 5.50. The molecule has 2 heteroatoms. The van der Waals surface area contributed by atoms with Crippen molar-refractivity contribution in [2.24, 2.45) is 4.99 Å². The van der Waals surface area contributed by atoms with Crippen LogP contribution in [0.4, 0.5) is 5.69 Å². The van der Waals surface area contributed by atoms with Gasteiger partial charge in [-0.3, -0.25) is 4.99 Å². The molecule has 2 aromatic rings. The van der Waals surface area contributed by atoms with Gasteiger partial charge in [0.05, 0.1) is 12.8 Å². The van der Waals surface area contributed by atoms with Crippen molar-refractivity contribution in [1.29, 1.82) is 0 Å². The van der Waals surface area contributed by atoms with Crippen LogP contribution in [0.3, 0.4) is 0 Å². The molecule has 18 heavy (non-hydrogen) atoms. The number of hydrogen-bond donors (Lipinski definition) is 0. The fourth-order valence-electron chi connectivity index (χ4n) is 1.82. The van der Waals surface area contributed by atoms with Crippen molar-refractivity contribution >= 4 is 11.9 Å². The van der Waals surface area contributed by atoms with Gasteiger partial charge in [0.1, 0.15) is 5.75 Å². The van der Waals surface area contributed by atoms with E-state index < -0.39 is 0 Å². The monoisotopic (exact) mass is 239 g/mol. The molecule has 0 aliphatic heterocycles. The Morgan fingerprint density at radius 1 is 1.06 bits per heavy atom. The molecule has 0 bridgehead atoms. The van der Waals surface area contributed by atoms with Gasteiger partial charge in [-0.15, -0.1) is 0 Å². The Bertz CT molecular complexity index is 573. The van der Waals surface area contributed by atoms with Crippen molar-refractivity contribution in [3.8, 4) is 5.75 Å². The number of aryl methyl sites for hydroxylation is 2. The van der Waals surface area contributed by atoms with E-state index in [0.29, 0.717) is 0 Å². The molecular weight excluding hydrogens is 222 g/mol. The Morgan fingerprint density at radius 3 is 2.61 bits per heavy atom. The second-order valence-corrected chi connectivity index (χ2v) is 4.32. The second-order valence-electron chi connectivity index (χ2n) is 4.32. The minimum absolute atomic E-state index is 0.847. The van der Waals surface area contributed by atoms with E-state index in [4.69, 9.17) is 4.74 Å². The molecule has 2 rings (SSSR count). The molecule has 0 N–H and O–H groups in total. The van der Waals surface area contributed by atoms with Gasteiger partial charge in [-0.2, -0.15) is 0 Å². The number of methoxy groups -OCH3 is 1. The van der Waals surface area contributed by atoms with Crippen LogP contribution in [0, 0.1) is 13.8 Å². The summed E-state index contributed by atoms with van der Waals surface area (Å²) in [5, 5.41) is 0. The third-order valence-electron chi connectivity index (χ3n) is 2.80. The zero-order chi connectivity index (χ0) is 13.0. The lowest BCUT2D eigenvalue weighted by molar-refractivity contribution is 0.415. The molecule has 0 radical (unpaired) electrons. The molecule has 0 saturated carbocycles. The fraction of sp³-hybridized carbons (Fsp3) is 0.188. The zero-order valence-corrected chi connectivity index (χ0v) is 11.0. The van der Waals surface area contributed by atoms with E-state index in [1.165, 1.54) is 11.1 Å². The quantitative estimate of drug-likeness (QED) is 0.740. The van der Waals surface area contributed by atoms with Crippen LogP contribution in [0.25, 0.3) is 0 Å². The summed E-state index contributed by atoms with van der Waals surface area (Å²) in [6, 6.07) is 14.1. The van der Waals surface area contributed by atoms with Crippen molar-refractivity contribution in [3.63, 3.8) is 0 Å². The first-order valence-electron chi connectivity index (χ1n) is 5.94. The van der Waals surface area contributed by atoms with Gasteiger partial charge >= 0.3 is 0 Å². The highest BCUT2D eigenvalue weighted by molar-refractivity contribution is 5.82. The van der Waals surface area contributed by atoms with Gasteiger partial charge < -0.3 is 4.74 Å². The number of ether oxygens (including phenoxy) is 1. The molecule has 2 aromatic carbocycles. The minimum Gasteiger partial charge on any atom is -0.497 e. The van der Waals surface area contributed by atoms with Crippen LogP contribution in [0.15, 0.2) is 47.5 Å². The molecule has 92 valence electrons. The first-order valence-corrected chi connectivity index (χ1v) is 5.94. The van der Waals surface area contributed by atoms with Crippen molar-refractivity contribution in [2.75, 3.05) is 7.11 Å². The minimum atomic E-state index is 0.847. The van der Waals surface area contributed by atoms with E-state index in [2.05, 4.69) is 31.0 Å². The highest BCUT2D eigenvalue weighted by atomic mass is 16.5. The summed E-state index contributed by atoms with van der Waals surface area (Å²) in [6.07, 6.45) is 1.86. The van der Waals surface area contributed by atoms with Gasteiger partial charge in [0.15, 0.2) is 0 Å².